The maximum Gasteiger partial charge on any atom is 0.150 e. The molecule has 0 fully saturated rings. The molecule has 0 radical (unpaired) electrons. The quantitative estimate of drug-likeness (QED) is 0.530. The molecule has 0 saturated carbocycles. The Kier molecular flexibility index (Phi) is 4.13. The third-order valence-corrected chi connectivity index (χ3v) is 1.89. The average Bonchev–Trinajstić information content (AvgIpc) is 2.21. The first kappa shape index (κ1) is 10.7. The predicted octanol–water partition coefficient (Wildman–Crippen LogP) is 1.83. The summed E-state index contributed by atoms with van der Waals surface area (Å²) in [6.07, 6.45) is 0.808. The van der Waals surface area contributed by atoms with Crippen molar-refractivity contribution in [2.24, 2.45) is 0 Å². The van der Waals surface area contributed by atoms with Gasteiger partial charge in [-0.25, -0.2) is 0 Å². The Morgan fingerprint density at radius 2 is 2.14 bits per heavy atom. The second-order valence-electron chi connectivity index (χ2n) is 2.98. The number of carbonyl (C=O) groups is 1. The fourth-order valence-electron chi connectivity index (χ4n) is 1.08. The van der Waals surface area contributed by atoms with Crippen LogP contribution in [-0.2, 0) is 4.74 Å². The minimum Gasteiger partial charge on any atom is -0.491 e. The number of methoxy groups -OCH3 is 1. The van der Waals surface area contributed by atoms with Crippen LogP contribution in [0.15, 0.2) is 18.2 Å². The normalized spacial score (nSPS) is 9.86. The van der Waals surface area contributed by atoms with Crippen LogP contribution in [0.1, 0.15) is 15.9 Å². The van der Waals surface area contributed by atoms with Gasteiger partial charge >= 0.3 is 0 Å². The molecule has 14 heavy (non-hydrogen) atoms. The third-order valence-electron chi connectivity index (χ3n) is 1.89. The van der Waals surface area contributed by atoms with E-state index in [-0.39, 0.29) is 0 Å². The van der Waals surface area contributed by atoms with Crippen molar-refractivity contribution in [1.82, 2.24) is 0 Å². The SMILES string of the molecule is COCCOc1cc(C=O)ccc1C. The lowest BCUT2D eigenvalue weighted by Gasteiger charge is -2.08. The molecule has 0 N–H and O–H groups in total. The molecule has 0 bridgehead atoms. The number of aldehydes is 1. The van der Waals surface area contributed by atoms with Crippen LogP contribution >= 0.6 is 0 Å². The number of hydrogen-bond donors (Lipinski definition) is 0. The molecule has 0 aliphatic carbocycles. The molecule has 0 amide bonds. The maximum atomic E-state index is 10.5. The van der Waals surface area contributed by atoms with Gasteiger partial charge in [-0.2, -0.15) is 0 Å². The van der Waals surface area contributed by atoms with Gasteiger partial charge < -0.3 is 9.47 Å². The molecule has 3 nitrogen and oxygen atoms in total. The van der Waals surface area contributed by atoms with E-state index in [1.807, 2.05) is 13.0 Å². The van der Waals surface area contributed by atoms with Gasteiger partial charge in [0.25, 0.3) is 0 Å². The van der Waals surface area contributed by atoms with Crippen molar-refractivity contribution in [2.45, 2.75) is 6.92 Å². The molecular weight excluding hydrogens is 180 g/mol. The summed E-state index contributed by atoms with van der Waals surface area (Å²) in [5.41, 5.74) is 1.65. The van der Waals surface area contributed by atoms with Gasteiger partial charge in [-0.3, -0.25) is 4.79 Å². The number of hydrogen-bond acceptors (Lipinski definition) is 3. The molecule has 0 aromatic heterocycles. The summed E-state index contributed by atoms with van der Waals surface area (Å²) < 4.78 is 10.3. The van der Waals surface area contributed by atoms with E-state index in [0.29, 0.717) is 18.8 Å². The van der Waals surface area contributed by atoms with Gasteiger partial charge in [-0.05, 0) is 18.6 Å². The molecule has 76 valence electrons. The zero-order valence-electron chi connectivity index (χ0n) is 8.45. The van der Waals surface area contributed by atoms with Gasteiger partial charge in [-0.15, -0.1) is 0 Å². The number of ether oxygens (including phenoxy) is 2. The van der Waals surface area contributed by atoms with E-state index < -0.39 is 0 Å². The molecule has 0 atom stereocenters. The number of benzene rings is 1. The smallest absolute Gasteiger partial charge is 0.150 e. The van der Waals surface area contributed by atoms with Gasteiger partial charge in [-0.1, -0.05) is 12.1 Å². The Morgan fingerprint density at radius 3 is 2.79 bits per heavy atom. The maximum absolute atomic E-state index is 10.5. The summed E-state index contributed by atoms with van der Waals surface area (Å²) >= 11 is 0. The summed E-state index contributed by atoms with van der Waals surface area (Å²) in [6, 6.07) is 5.37. The summed E-state index contributed by atoms with van der Waals surface area (Å²) in [5, 5.41) is 0. The third kappa shape index (κ3) is 2.85. The highest BCUT2D eigenvalue weighted by Gasteiger charge is 2.00. The molecule has 0 aliphatic heterocycles. The summed E-state index contributed by atoms with van der Waals surface area (Å²) in [7, 11) is 1.62. The van der Waals surface area contributed by atoms with Gasteiger partial charge in [0.1, 0.15) is 18.6 Å². The topological polar surface area (TPSA) is 35.5 Å². The standard InChI is InChI=1S/C11H14O3/c1-9-3-4-10(8-12)7-11(9)14-6-5-13-2/h3-4,7-8H,5-6H2,1-2H3. The van der Waals surface area contributed by atoms with Gasteiger partial charge in [0, 0.05) is 12.7 Å². The molecule has 0 spiro atoms. The summed E-state index contributed by atoms with van der Waals surface area (Å²) in [4.78, 5) is 10.5. The molecule has 3 heteroatoms. The Morgan fingerprint density at radius 1 is 1.36 bits per heavy atom. The number of rotatable bonds is 5. The molecule has 1 aromatic rings. The van der Waals surface area contributed by atoms with E-state index in [9.17, 15) is 4.79 Å². The molecule has 1 aromatic carbocycles. The van der Waals surface area contributed by atoms with Crippen LogP contribution in [0.4, 0.5) is 0 Å². The molecule has 0 heterocycles. The van der Waals surface area contributed by atoms with Crippen molar-refractivity contribution < 1.29 is 14.3 Å². The first-order valence-electron chi connectivity index (χ1n) is 4.45. The molecule has 1 rings (SSSR count). The fourth-order valence-corrected chi connectivity index (χ4v) is 1.08. The average molecular weight is 194 g/mol. The van der Waals surface area contributed by atoms with Crippen molar-refractivity contribution in [3.05, 3.63) is 29.3 Å². The van der Waals surface area contributed by atoms with Crippen LogP contribution < -0.4 is 4.74 Å². The largest absolute Gasteiger partial charge is 0.491 e. The molecule has 0 aliphatic rings. The Hall–Kier alpha value is -1.35. The summed E-state index contributed by atoms with van der Waals surface area (Å²) in [6.45, 7) is 2.99. The van der Waals surface area contributed by atoms with Crippen molar-refractivity contribution in [2.75, 3.05) is 20.3 Å². The highest BCUT2D eigenvalue weighted by Crippen LogP contribution is 2.18. The van der Waals surface area contributed by atoms with E-state index in [1.54, 1.807) is 19.2 Å². The second-order valence-corrected chi connectivity index (χ2v) is 2.98. The van der Waals surface area contributed by atoms with Crippen LogP contribution in [0.2, 0.25) is 0 Å². The fraction of sp³-hybridized carbons (Fsp3) is 0.364. The van der Waals surface area contributed by atoms with Gasteiger partial charge in [0.2, 0.25) is 0 Å². The van der Waals surface area contributed by atoms with Crippen LogP contribution in [-0.4, -0.2) is 26.6 Å². The molecular formula is C11H14O3. The zero-order chi connectivity index (χ0) is 10.4. The lowest BCUT2D eigenvalue weighted by Crippen LogP contribution is -2.05. The summed E-state index contributed by atoms with van der Waals surface area (Å²) in [5.74, 6) is 0.742. The first-order chi connectivity index (χ1) is 6.77. The van der Waals surface area contributed by atoms with Crippen molar-refractivity contribution in [3.63, 3.8) is 0 Å². The highest BCUT2D eigenvalue weighted by molar-refractivity contribution is 5.75. The van der Waals surface area contributed by atoms with Crippen molar-refractivity contribution in [1.29, 1.82) is 0 Å². The molecule has 0 saturated heterocycles. The van der Waals surface area contributed by atoms with E-state index >= 15 is 0 Å². The molecule has 0 unspecified atom stereocenters. The minimum atomic E-state index is 0.500. The van der Waals surface area contributed by atoms with E-state index in [1.165, 1.54) is 0 Å². The minimum absolute atomic E-state index is 0.500. The zero-order valence-corrected chi connectivity index (χ0v) is 8.45. The lowest BCUT2D eigenvalue weighted by molar-refractivity contribution is 0.112. The van der Waals surface area contributed by atoms with E-state index in [0.717, 1.165) is 17.6 Å². The van der Waals surface area contributed by atoms with Gasteiger partial charge in [0.05, 0.1) is 6.61 Å². The van der Waals surface area contributed by atoms with E-state index in [2.05, 4.69) is 0 Å². The van der Waals surface area contributed by atoms with Crippen LogP contribution in [0, 0.1) is 6.92 Å². The Labute approximate surface area is 83.6 Å². The Balaban J connectivity index is 2.68. The van der Waals surface area contributed by atoms with Gasteiger partial charge in [0.15, 0.2) is 0 Å². The number of carbonyl (C=O) groups excluding carboxylic acids is 1. The van der Waals surface area contributed by atoms with E-state index in [4.69, 9.17) is 9.47 Å². The highest BCUT2D eigenvalue weighted by atomic mass is 16.5. The number of aryl methyl sites for hydroxylation is 1. The second kappa shape index (κ2) is 5.40. The van der Waals surface area contributed by atoms with Crippen molar-refractivity contribution in [3.8, 4) is 5.75 Å². The lowest BCUT2D eigenvalue weighted by atomic mass is 10.1. The van der Waals surface area contributed by atoms with Crippen LogP contribution in [0.3, 0.4) is 0 Å². The van der Waals surface area contributed by atoms with Crippen LogP contribution in [0.25, 0.3) is 0 Å². The monoisotopic (exact) mass is 194 g/mol. The van der Waals surface area contributed by atoms with Crippen LogP contribution in [0.5, 0.6) is 5.75 Å². The predicted molar refractivity (Wildman–Crippen MR) is 53.9 cm³/mol. The first-order valence-corrected chi connectivity index (χ1v) is 4.45. The Bertz CT molecular complexity index is 307. The van der Waals surface area contributed by atoms with Crippen molar-refractivity contribution >= 4 is 6.29 Å².